The van der Waals surface area contributed by atoms with Crippen molar-refractivity contribution in [3.8, 4) is 0 Å². The van der Waals surface area contributed by atoms with Crippen LogP contribution in [0, 0.1) is 17.5 Å². The van der Waals surface area contributed by atoms with E-state index in [1.54, 1.807) is 13.8 Å². The minimum absolute atomic E-state index is 0.0383. The van der Waals surface area contributed by atoms with Crippen molar-refractivity contribution in [1.82, 2.24) is 0 Å². The van der Waals surface area contributed by atoms with Gasteiger partial charge in [0.25, 0.3) is 0 Å². The van der Waals surface area contributed by atoms with Gasteiger partial charge in [-0.3, -0.25) is 0 Å². The van der Waals surface area contributed by atoms with E-state index in [1.807, 2.05) is 13.8 Å². The van der Waals surface area contributed by atoms with Crippen LogP contribution >= 0.6 is 22.6 Å². The lowest BCUT2D eigenvalue weighted by atomic mass is 9.77. The summed E-state index contributed by atoms with van der Waals surface area (Å²) in [4.78, 5) is 0. The van der Waals surface area contributed by atoms with E-state index in [-0.39, 0.29) is 8.99 Å². The fraction of sp³-hybridized carbons (Fsp3) is 0.538. The number of hydrogen-bond donors (Lipinski definition) is 0. The van der Waals surface area contributed by atoms with Crippen molar-refractivity contribution in [1.29, 1.82) is 0 Å². The highest BCUT2D eigenvalue weighted by atomic mass is 127. The van der Waals surface area contributed by atoms with Gasteiger partial charge in [0.05, 0.1) is 0 Å². The van der Waals surface area contributed by atoms with E-state index in [2.05, 4.69) is 22.6 Å². The lowest BCUT2D eigenvalue weighted by molar-refractivity contribution is 0.390. The van der Waals surface area contributed by atoms with Crippen molar-refractivity contribution in [2.45, 2.75) is 43.0 Å². The van der Waals surface area contributed by atoms with E-state index < -0.39 is 22.9 Å². The monoisotopic (exact) mass is 356 g/mol. The van der Waals surface area contributed by atoms with Crippen LogP contribution in [0.5, 0.6) is 0 Å². The molecule has 0 aliphatic carbocycles. The van der Waals surface area contributed by atoms with Gasteiger partial charge in [0.15, 0.2) is 0 Å². The predicted molar refractivity (Wildman–Crippen MR) is 72.1 cm³/mol. The summed E-state index contributed by atoms with van der Waals surface area (Å²) < 4.78 is 40.2. The molecule has 0 aromatic heterocycles. The Hall–Kier alpha value is -0.260. The van der Waals surface area contributed by atoms with Gasteiger partial charge in [-0.2, -0.15) is 0 Å². The molecule has 17 heavy (non-hydrogen) atoms. The second-order valence-electron chi connectivity index (χ2n) is 5.52. The van der Waals surface area contributed by atoms with Gasteiger partial charge in [-0.05, 0) is 11.8 Å². The Bertz CT molecular complexity index is 396. The molecule has 0 amide bonds. The van der Waals surface area contributed by atoms with Crippen molar-refractivity contribution >= 4 is 22.6 Å². The third-order valence-electron chi connectivity index (χ3n) is 2.55. The summed E-state index contributed by atoms with van der Waals surface area (Å²) in [6, 6.07) is 1.47. The molecule has 4 heteroatoms. The number of rotatable bonds is 3. The first kappa shape index (κ1) is 14.8. The van der Waals surface area contributed by atoms with Crippen LogP contribution in [0.3, 0.4) is 0 Å². The Morgan fingerprint density at radius 2 is 1.41 bits per heavy atom. The Morgan fingerprint density at radius 3 is 1.76 bits per heavy atom. The first-order valence-corrected chi connectivity index (χ1v) is 6.45. The smallest absolute Gasteiger partial charge is 0.132 e. The fourth-order valence-corrected chi connectivity index (χ4v) is 3.28. The predicted octanol–water partition coefficient (Wildman–Crippen LogP) is 4.99. The summed E-state index contributed by atoms with van der Waals surface area (Å²) in [7, 11) is 0. The second-order valence-corrected chi connectivity index (χ2v) is 8.44. The molecular weight excluding hydrogens is 340 g/mol. The summed E-state index contributed by atoms with van der Waals surface area (Å²) in [6.45, 7) is 7.53. The van der Waals surface area contributed by atoms with Crippen LogP contribution < -0.4 is 0 Å². The summed E-state index contributed by atoms with van der Waals surface area (Å²) >= 11 is 2.24. The van der Waals surface area contributed by atoms with E-state index in [4.69, 9.17) is 0 Å². The molecule has 0 N–H and O–H groups in total. The highest BCUT2D eigenvalue weighted by molar-refractivity contribution is 14.1. The first-order chi connectivity index (χ1) is 7.53. The molecule has 1 rings (SSSR count). The summed E-state index contributed by atoms with van der Waals surface area (Å²) in [5.74, 6) is -2.51. The maximum Gasteiger partial charge on any atom is 0.132 e. The largest absolute Gasteiger partial charge is 0.207 e. The van der Waals surface area contributed by atoms with E-state index >= 15 is 0 Å². The Balaban J connectivity index is 3.24. The van der Waals surface area contributed by atoms with Crippen LogP contribution in [0.1, 0.15) is 39.7 Å². The van der Waals surface area contributed by atoms with Gasteiger partial charge < -0.3 is 0 Å². The lowest BCUT2D eigenvalue weighted by Gasteiger charge is -2.32. The van der Waals surface area contributed by atoms with Crippen LogP contribution in [0.15, 0.2) is 12.1 Å². The third kappa shape index (κ3) is 3.86. The van der Waals surface area contributed by atoms with Crippen molar-refractivity contribution < 1.29 is 13.2 Å². The summed E-state index contributed by atoms with van der Waals surface area (Å²) in [5, 5.41) is 0. The zero-order valence-corrected chi connectivity index (χ0v) is 12.5. The highest BCUT2D eigenvalue weighted by Gasteiger charge is 2.33. The molecule has 0 aliphatic heterocycles. The molecule has 0 radical (unpaired) electrons. The summed E-state index contributed by atoms with van der Waals surface area (Å²) in [6.07, 6.45) is 0.597. The first-order valence-electron chi connectivity index (χ1n) is 5.37. The standard InChI is InChI=1S/C13H16F3I/c1-12(2,7-13(3,4)17)11-9(15)5-8(14)6-10(11)16/h5-6H,7H2,1-4H3. The molecule has 0 aliphatic rings. The molecule has 0 unspecified atom stereocenters. The normalized spacial score (nSPS) is 12.9. The van der Waals surface area contributed by atoms with Crippen LogP contribution in [-0.4, -0.2) is 3.42 Å². The van der Waals surface area contributed by atoms with Gasteiger partial charge in [-0.1, -0.05) is 50.3 Å². The Labute approximate surface area is 114 Å². The van der Waals surface area contributed by atoms with Gasteiger partial charge in [0.2, 0.25) is 0 Å². The lowest BCUT2D eigenvalue weighted by Crippen LogP contribution is -2.29. The third-order valence-corrected chi connectivity index (χ3v) is 2.93. The van der Waals surface area contributed by atoms with Crippen molar-refractivity contribution in [2.24, 2.45) is 0 Å². The molecule has 0 saturated heterocycles. The van der Waals surface area contributed by atoms with E-state index in [1.165, 1.54) is 0 Å². The van der Waals surface area contributed by atoms with Gasteiger partial charge >= 0.3 is 0 Å². The van der Waals surface area contributed by atoms with Gasteiger partial charge in [0.1, 0.15) is 17.5 Å². The average Bonchev–Trinajstić information content (AvgIpc) is 1.93. The van der Waals surface area contributed by atoms with Crippen molar-refractivity contribution in [2.75, 3.05) is 0 Å². The minimum Gasteiger partial charge on any atom is -0.207 e. The maximum absolute atomic E-state index is 13.7. The molecule has 0 heterocycles. The minimum atomic E-state index is -0.881. The molecule has 1 aromatic rings. The second kappa shape index (κ2) is 4.78. The average molecular weight is 356 g/mol. The maximum atomic E-state index is 13.7. The fourth-order valence-electron chi connectivity index (χ4n) is 2.33. The molecule has 0 atom stereocenters. The van der Waals surface area contributed by atoms with Gasteiger partial charge in [0, 0.05) is 21.1 Å². The molecule has 1 aromatic carbocycles. The van der Waals surface area contributed by atoms with Crippen LogP contribution in [0.2, 0.25) is 0 Å². The van der Waals surface area contributed by atoms with Crippen molar-refractivity contribution in [3.63, 3.8) is 0 Å². The van der Waals surface area contributed by atoms with Crippen LogP contribution in [-0.2, 0) is 5.41 Å². The van der Waals surface area contributed by atoms with Gasteiger partial charge in [-0.25, -0.2) is 13.2 Å². The molecule has 0 bridgehead atoms. The molecule has 96 valence electrons. The SMILES string of the molecule is CC(C)(I)CC(C)(C)c1c(F)cc(F)cc1F. The molecule has 0 fully saturated rings. The number of hydrogen-bond acceptors (Lipinski definition) is 0. The topological polar surface area (TPSA) is 0 Å². The van der Waals surface area contributed by atoms with E-state index in [9.17, 15) is 13.2 Å². The zero-order valence-electron chi connectivity index (χ0n) is 10.4. The number of benzene rings is 1. The zero-order chi connectivity index (χ0) is 13.4. The van der Waals surface area contributed by atoms with E-state index in [0.29, 0.717) is 6.42 Å². The Morgan fingerprint density at radius 1 is 1.00 bits per heavy atom. The number of halogens is 4. The molecular formula is C13H16F3I. The van der Waals surface area contributed by atoms with Crippen LogP contribution in [0.4, 0.5) is 13.2 Å². The Kier molecular flexibility index (Phi) is 4.16. The highest BCUT2D eigenvalue weighted by Crippen LogP contribution is 2.38. The quantitative estimate of drug-likeness (QED) is 0.529. The summed E-state index contributed by atoms with van der Waals surface area (Å²) in [5.41, 5.74) is -0.712. The molecule has 0 spiro atoms. The number of alkyl halides is 1. The molecule has 0 saturated carbocycles. The van der Waals surface area contributed by atoms with Crippen LogP contribution in [0.25, 0.3) is 0 Å². The molecule has 0 nitrogen and oxygen atoms in total. The van der Waals surface area contributed by atoms with Gasteiger partial charge in [-0.15, -0.1) is 0 Å². The van der Waals surface area contributed by atoms with E-state index in [0.717, 1.165) is 12.1 Å². The van der Waals surface area contributed by atoms with Crippen molar-refractivity contribution in [3.05, 3.63) is 35.1 Å².